The van der Waals surface area contributed by atoms with Crippen molar-refractivity contribution in [1.82, 2.24) is 9.88 Å². The predicted octanol–water partition coefficient (Wildman–Crippen LogP) is 5.14. The van der Waals surface area contributed by atoms with Gasteiger partial charge in [0.25, 0.3) is 0 Å². The van der Waals surface area contributed by atoms with Gasteiger partial charge in [0.05, 0.1) is 10.6 Å². The van der Waals surface area contributed by atoms with E-state index >= 15 is 0 Å². The van der Waals surface area contributed by atoms with Crippen molar-refractivity contribution in [1.29, 1.82) is 0 Å². The third-order valence-electron chi connectivity index (χ3n) is 6.22. The number of aromatic nitrogens is 1. The number of rotatable bonds is 6. The van der Waals surface area contributed by atoms with Crippen LogP contribution < -0.4 is 0 Å². The first-order chi connectivity index (χ1) is 14.8. The molecule has 0 saturated carbocycles. The first-order valence-corrected chi connectivity index (χ1v) is 12.8. The Morgan fingerprint density at radius 3 is 2.23 bits per heavy atom. The predicted molar refractivity (Wildman–Crippen MR) is 124 cm³/mol. The summed E-state index contributed by atoms with van der Waals surface area (Å²) in [5, 5.41) is 0. The summed E-state index contributed by atoms with van der Waals surface area (Å²) in [5.41, 5.74) is 3.97. The molecule has 6 heteroatoms. The summed E-state index contributed by atoms with van der Waals surface area (Å²) in [5.74, 6) is 1.54. The van der Waals surface area contributed by atoms with Crippen LogP contribution in [0.15, 0.2) is 57.8 Å². The Balaban J connectivity index is 1.46. The van der Waals surface area contributed by atoms with Crippen LogP contribution >= 0.6 is 0 Å². The van der Waals surface area contributed by atoms with Crippen molar-refractivity contribution in [2.24, 2.45) is 0 Å². The second-order valence-corrected chi connectivity index (χ2v) is 10.5. The molecule has 1 saturated heterocycles. The second kappa shape index (κ2) is 8.97. The molecule has 0 aliphatic carbocycles. The molecule has 0 radical (unpaired) electrons. The molecule has 31 heavy (non-hydrogen) atoms. The van der Waals surface area contributed by atoms with E-state index in [1.165, 1.54) is 32.1 Å². The summed E-state index contributed by atoms with van der Waals surface area (Å²) in [7, 11) is -3.19. The first kappa shape index (κ1) is 21.8. The van der Waals surface area contributed by atoms with E-state index < -0.39 is 9.84 Å². The third kappa shape index (κ3) is 5.08. The van der Waals surface area contributed by atoms with Crippen LogP contribution in [0.1, 0.15) is 37.6 Å². The van der Waals surface area contributed by atoms with Crippen LogP contribution in [0.25, 0.3) is 22.6 Å². The van der Waals surface area contributed by atoms with E-state index in [1.54, 1.807) is 12.1 Å². The number of benzene rings is 2. The number of piperidine rings is 1. The van der Waals surface area contributed by atoms with Crippen molar-refractivity contribution in [2.75, 3.05) is 19.3 Å². The molecule has 4 rings (SSSR count). The standard InChI is InChI=1S/C25H30N2O3S/c1-18-6-4-5-16-27(18)17-15-24-19(2)30-25(26-24)22-9-7-20(8-10-22)21-11-13-23(14-12-21)31(3,28)29/h7-14,18H,4-6,15-17H2,1-3H3/t18-/m1/s1. The van der Waals surface area contributed by atoms with Crippen LogP contribution in [0, 0.1) is 6.92 Å². The first-order valence-electron chi connectivity index (χ1n) is 10.9. The molecule has 0 unspecified atom stereocenters. The number of oxazole rings is 1. The Bertz CT molecular complexity index is 1130. The number of hydrogen-bond acceptors (Lipinski definition) is 5. The minimum Gasteiger partial charge on any atom is -0.441 e. The highest BCUT2D eigenvalue weighted by atomic mass is 32.2. The maximum atomic E-state index is 11.6. The maximum Gasteiger partial charge on any atom is 0.226 e. The molecule has 1 aliphatic rings. The van der Waals surface area contributed by atoms with E-state index in [0.29, 0.717) is 16.8 Å². The number of likely N-dealkylation sites (tertiary alicyclic amines) is 1. The van der Waals surface area contributed by atoms with Gasteiger partial charge >= 0.3 is 0 Å². The summed E-state index contributed by atoms with van der Waals surface area (Å²) in [6, 6.07) is 15.6. The lowest BCUT2D eigenvalue weighted by Gasteiger charge is -2.33. The lowest BCUT2D eigenvalue weighted by Crippen LogP contribution is -2.38. The van der Waals surface area contributed by atoms with Crippen LogP contribution in [-0.2, 0) is 16.3 Å². The van der Waals surface area contributed by atoms with Gasteiger partial charge < -0.3 is 9.32 Å². The van der Waals surface area contributed by atoms with E-state index in [9.17, 15) is 8.42 Å². The van der Waals surface area contributed by atoms with Crippen molar-refractivity contribution in [2.45, 2.75) is 50.5 Å². The number of hydrogen-bond donors (Lipinski definition) is 0. The third-order valence-corrected chi connectivity index (χ3v) is 7.35. The number of aryl methyl sites for hydroxylation is 1. The van der Waals surface area contributed by atoms with Gasteiger partial charge in [-0.1, -0.05) is 30.7 Å². The smallest absolute Gasteiger partial charge is 0.226 e. The molecule has 0 N–H and O–H groups in total. The molecule has 2 aromatic carbocycles. The highest BCUT2D eigenvalue weighted by molar-refractivity contribution is 7.90. The highest BCUT2D eigenvalue weighted by Gasteiger charge is 2.19. The summed E-state index contributed by atoms with van der Waals surface area (Å²) >= 11 is 0. The summed E-state index contributed by atoms with van der Waals surface area (Å²) in [6.45, 7) is 6.51. The molecule has 0 amide bonds. The topological polar surface area (TPSA) is 63.4 Å². The van der Waals surface area contributed by atoms with Gasteiger partial charge in [-0.15, -0.1) is 0 Å². The average Bonchev–Trinajstić information content (AvgIpc) is 3.13. The van der Waals surface area contributed by atoms with Gasteiger partial charge in [0.2, 0.25) is 5.89 Å². The van der Waals surface area contributed by atoms with Gasteiger partial charge in [-0.2, -0.15) is 0 Å². The van der Waals surface area contributed by atoms with Crippen LogP contribution in [-0.4, -0.2) is 43.7 Å². The van der Waals surface area contributed by atoms with E-state index in [1.807, 2.05) is 43.3 Å². The highest BCUT2D eigenvalue weighted by Crippen LogP contribution is 2.27. The lowest BCUT2D eigenvalue weighted by molar-refractivity contribution is 0.162. The molecule has 0 spiro atoms. The molecule has 1 aliphatic heterocycles. The zero-order valence-corrected chi connectivity index (χ0v) is 19.3. The minimum atomic E-state index is -3.19. The fourth-order valence-corrected chi connectivity index (χ4v) is 4.85. The van der Waals surface area contributed by atoms with Crippen LogP contribution in [0.4, 0.5) is 0 Å². The van der Waals surface area contributed by atoms with Crippen molar-refractivity contribution in [3.05, 3.63) is 60.0 Å². The zero-order chi connectivity index (χ0) is 22.0. The fourth-order valence-electron chi connectivity index (χ4n) is 4.22. The zero-order valence-electron chi connectivity index (χ0n) is 18.5. The van der Waals surface area contributed by atoms with Crippen molar-refractivity contribution >= 4 is 9.84 Å². The Hall–Kier alpha value is -2.44. The van der Waals surface area contributed by atoms with Gasteiger partial charge in [-0.25, -0.2) is 13.4 Å². The summed E-state index contributed by atoms with van der Waals surface area (Å²) in [4.78, 5) is 7.66. The Kier molecular flexibility index (Phi) is 6.30. The Labute approximate surface area is 185 Å². The van der Waals surface area contributed by atoms with Gasteiger partial charge in [-0.3, -0.25) is 0 Å². The molecule has 1 atom stereocenters. The number of sulfone groups is 1. The van der Waals surface area contributed by atoms with Crippen LogP contribution in [0.2, 0.25) is 0 Å². The largest absolute Gasteiger partial charge is 0.441 e. The normalized spacial score (nSPS) is 17.7. The molecular formula is C25H30N2O3S. The second-order valence-electron chi connectivity index (χ2n) is 8.53. The van der Waals surface area contributed by atoms with Crippen molar-refractivity contribution in [3.63, 3.8) is 0 Å². The Morgan fingerprint density at radius 1 is 1.00 bits per heavy atom. The van der Waals surface area contributed by atoms with Crippen molar-refractivity contribution < 1.29 is 12.8 Å². The van der Waals surface area contributed by atoms with E-state index in [2.05, 4.69) is 11.8 Å². The van der Waals surface area contributed by atoms with Gasteiger partial charge in [0.1, 0.15) is 5.76 Å². The Morgan fingerprint density at radius 2 is 1.61 bits per heavy atom. The van der Waals surface area contributed by atoms with E-state index in [-0.39, 0.29) is 0 Å². The van der Waals surface area contributed by atoms with E-state index in [4.69, 9.17) is 9.40 Å². The molecule has 5 nitrogen and oxygen atoms in total. The quantitative estimate of drug-likeness (QED) is 0.533. The van der Waals surface area contributed by atoms with Gasteiger partial charge in [0, 0.05) is 30.8 Å². The fraction of sp³-hybridized carbons (Fsp3) is 0.400. The average molecular weight is 439 g/mol. The van der Waals surface area contributed by atoms with Crippen LogP contribution in [0.5, 0.6) is 0 Å². The molecule has 1 aromatic heterocycles. The molecule has 1 fully saturated rings. The summed E-state index contributed by atoms with van der Waals surface area (Å²) < 4.78 is 29.3. The van der Waals surface area contributed by atoms with Gasteiger partial charge in [-0.05, 0) is 68.6 Å². The SMILES string of the molecule is Cc1oc(-c2ccc(-c3ccc(S(C)(=O)=O)cc3)cc2)nc1CCN1CCCC[C@H]1C. The number of nitrogens with zero attached hydrogens (tertiary/aromatic N) is 2. The lowest BCUT2D eigenvalue weighted by atomic mass is 10.0. The van der Waals surface area contributed by atoms with Gasteiger partial charge in [0.15, 0.2) is 9.84 Å². The molecule has 2 heterocycles. The van der Waals surface area contributed by atoms with E-state index in [0.717, 1.165) is 41.1 Å². The minimum absolute atomic E-state index is 0.328. The summed E-state index contributed by atoms with van der Waals surface area (Å²) in [6.07, 6.45) is 6.03. The monoisotopic (exact) mass is 438 g/mol. The van der Waals surface area contributed by atoms with Crippen molar-refractivity contribution in [3.8, 4) is 22.6 Å². The molecule has 3 aromatic rings. The molecular weight excluding hydrogens is 408 g/mol. The molecule has 0 bridgehead atoms. The van der Waals surface area contributed by atoms with Crippen LogP contribution in [0.3, 0.4) is 0 Å². The maximum absolute atomic E-state index is 11.6. The molecule has 164 valence electrons.